The third kappa shape index (κ3) is 5.96. The van der Waals surface area contributed by atoms with Gasteiger partial charge in [-0.15, -0.1) is 0 Å². The molecule has 0 spiro atoms. The summed E-state index contributed by atoms with van der Waals surface area (Å²) in [6.07, 6.45) is 1.30. The Kier molecular flexibility index (Phi) is 7.98. The van der Waals surface area contributed by atoms with Crippen molar-refractivity contribution in [3.05, 3.63) is 53.8 Å². The number of hydrogen-bond donors (Lipinski definition) is 1. The molecule has 0 saturated carbocycles. The highest BCUT2D eigenvalue weighted by atomic mass is 32.2. The van der Waals surface area contributed by atoms with E-state index < -0.39 is 34.3 Å². The lowest BCUT2D eigenvalue weighted by Crippen LogP contribution is -2.51. The number of halogens is 1. The summed E-state index contributed by atoms with van der Waals surface area (Å²) < 4.78 is 50.6. The molecule has 1 heterocycles. The Morgan fingerprint density at radius 2 is 1.74 bits per heavy atom. The summed E-state index contributed by atoms with van der Waals surface area (Å²) in [6, 6.07) is 9.33. The number of amides is 2. The summed E-state index contributed by atoms with van der Waals surface area (Å²) in [4.78, 5) is 27.3. The highest BCUT2D eigenvalue weighted by Gasteiger charge is 2.31. The van der Waals surface area contributed by atoms with Crippen molar-refractivity contribution in [1.82, 2.24) is 10.2 Å². The molecule has 2 amide bonds. The summed E-state index contributed by atoms with van der Waals surface area (Å²) in [7, 11) is -2.41. The number of benzene rings is 2. The third-order valence-corrected chi connectivity index (χ3v) is 6.53. The van der Waals surface area contributed by atoms with Crippen LogP contribution in [0.1, 0.15) is 18.9 Å². The van der Waals surface area contributed by atoms with E-state index in [1.807, 2.05) is 0 Å². The number of hydrogen-bond acceptors (Lipinski definition) is 6. The molecule has 0 aromatic heterocycles. The van der Waals surface area contributed by atoms with Gasteiger partial charge in [0, 0.05) is 19.7 Å². The normalized spacial score (nSPS) is 13.6. The predicted octanol–water partition coefficient (Wildman–Crippen LogP) is 1.92. The van der Waals surface area contributed by atoms with Gasteiger partial charge in [0.25, 0.3) is 0 Å². The maximum absolute atomic E-state index is 13.5. The van der Waals surface area contributed by atoms with E-state index in [0.29, 0.717) is 36.7 Å². The molecular weight excluding hydrogens is 465 g/mol. The van der Waals surface area contributed by atoms with E-state index in [-0.39, 0.29) is 18.1 Å². The number of carbonyl (C=O) groups excluding carboxylic acids is 2. The van der Waals surface area contributed by atoms with Crippen LogP contribution in [-0.4, -0.2) is 64.2 Å². The molecule has 184 valence electrons. The molecule has 1 N–H and O–H groups in total. The summed E-state index contributed by atoms with van der Waals surface area (Å²) >= 11 is 0. The van der Waals surface area contributed by atoms with Crippen molar-refractivity contribution in [3.8, 4) is 11.5 Å². The monoisotopic (exact) mass is 493 g/mol. The van der Waals surface area contributed by atoms with E-state index in [2.05, 4.69) is 5.32 Å². The Balaban J connectivity index is 1.94. The van der Waals surface area contributed by atoms with Gasteiger partial charge >= 0.3 is 0 Å². The Morgan fingerprint density at radius 3 is 2.32 bits per heavy atom. The largest absolute Gasteiger partial charge is 0.486 e. The number of rotatable bonds is 9. The number of likely N-dealkylation sites (N-methyl/N-ethyl adjacent to an activating group) is 1. The van der Waals surface area contributed by atoms with Gasteiger partial charge in [0.2, 0.25) is 21.8 Å². The van der Waals surface area contributed by atoms with Crippen molar-refractivity contribution in [3.63, 3.8) is 0 Å². The SMILES string of the molecule is CC[C@H](C(=O)NC)N(Cc1ccc(F)cc1)C(=O)CN(c1ccc2c(c1)OCCO2)S(C)(=O)=O. The second-order valence-electron chi connectivity index (χ2n) is 7.78. The quantitative estimate of drug-likeness (QED) is 0.572. The fraction of sp³-hybridized carbons (Fsp3) is 0.391. The molecule has 1 aliphatic rings. The lowest BCUT2D eigenvalue weighted by atomic mass is 10.1. The first-order chi connectivity index (χ1) is 16.1. The minimum Gasteiger partial charge on any atom is -0.486 e. The Bertz CT molecular complexity index is 1140. The maximum atomic E-state index is 13.5. The molecule has 0 radical (unpaired) electrons. The number of nitrogens with zero attached hydrogens (tertiary/aromatic N) is 2. The van der Waals surface area contributed by atoms with Crippen LogP contribution in [0.4, 0.5) is 10.1 Å². The van der Waals surface area contributed by atoms with E-state index in [4.69, 9.17) is 9.47 Å². The van der Waals surface area contributed by atoms with Crippen molar-refractivity contribution in [2.45, 2.75) is 25.9 Å². The van der Waals surface area contributed by atoms with Crippen molar-refractivity contribution < 1.29 is 31.9 Å². The molecule has 0 fully saturated rings. The summed E-state index contributed by atoms with van der Waals surface area (Å²) in [6.45, 7) is 1.93. The van der Waals surface area contributed by atoms with Gasteiger partial charge in [-0.3, -0.25) is 13.9 Å². The zero-order valence-electron chi connectivity index (χ0n) is 19.3. The number of nitrogens with one attached hydrogen (secondary N) is 1. The molecular formula is C23H28FN3O6S. The average Bonchev–Trinajstić information content (AvgIpc) is 2.82. The average molecular weight is 494 g/mol. The van der Waals surface area contributed by atoms with Gasteiger partial charge in [-0.1, -0.05) is 19.1 Å². The van der Waals surface area contributed by atoms with Crippen molar-refractivity contribution in [2.24, 2.45) is 0 Å². The van der Waals surface area contributed by atoms with Gasteiger partial charge in [0.15, 0.2) is 11.5 Å². The lowest BCUT2D eigenvalue weighted by molar-refractivity contribution is -0.140. The summed E-state index contributed by atoms with van der Waals surface area (Å²) in [5.41, 5.74) is 0.831. The minimum atomic E-state index is -3.87. The number of ether oxygens (including phenoxy) is 2. The maximum Gasteiger partial charge on any atom is 0.244 e. The fourth-order valence-corrected chi connectivity index (χ4v) is 4.51. The van der Waals surface area contributed by atoms with Gasteiger partial charge in [-0.2, -0.15) is 0 Å². The molecule has 1 aliphatic heterocycles. The van der Waals surface area contributed by atoms with E-state index in [0.717, 1.165) is 10.6 Å². The molecule has 2 aromatic carbocycles. The first-order valence-electron chi connectivity index (χ1n) is 10.8. The number of fused-ring (bicyclic) bond motifs is 1. The fourth-order valence-electron chi connectivity index (χ4n) is 3.67. The van der Waals surface area contributed by atoms with Crippen LogP contribution in [0.5, 0.6) is 11.5 Å². The number of carbonyl (C=O) groups is 2. The van der Waals surface area contributed by atoms with Crippen LogP contribution in [0.25, 0.3) is 0 Å². The molecule has 0 unspecified atom stereocenters. The van der Waals surface area contributed by atoms with Crippen LogP contribution in [0, 0.1) is 5.82 Å². The number of anilines is 1. The first-order valence-corrected chi connectivity index (χ1v) is 12.6. The van der Waals surface area contributed by atoms with E-state index >= 15 is 0 Å². The topological polar surface area (TPSA) is 105 Å². The molecule has 3 rings (SSSR count). The zero-order valence-corrected chi connectivity index (χ0v) is 20.1. The van der Waals surface area contributed by atoms with Gasteiger partial charge in [-0.25, -0.2) is 12.8 Å². The molecule has 1 atom stereocenters. The third-order valence-electron chi connectivity index (χ3n) is 5.39. The van der Waals surface area contributed by atoms with E-state index in [9.17, 15) is 22.4 Å². The number of sulfonamides is 1. The zero-order chi connectivity index (χ0) is 24.9. The van der Waals surface area contributed by atoms with Crippen molar-refractivity contribution in [2.75, 3.05) is 37.4 Å². The first kappa shape index (κ1) is 25.3. The highest BCUT2D eigenvalue weighted by Crippen LogP contribution is 2.34. The molecule has 9 nitrogen and oxygen atoms in total. The van der Waals surface area contributed by atoms with Crippen LogP contribution >= 0.6 is 0 Å². The van der Waals surface area contributed by atoms with Gasteiger partial charge in [0.05, 0.1) is 11.9 Å². The highest BCUT2D eigenvalue weighted by molar-refractivity contribution is 7.92. The van der Waals surface area contributed by atoms with Crippen LogP contribution in [0.3, 0.4) is 0 Å². The second kappa shape index (κ2) is 10.7. The van der Waals surface area contributed by atoms with E-state index in [1.165, 1.54) is 48.3 Å². The Labute approximate surface area is 198 Å². The summed E-state index contributed by atoms with van der Waals surface area (Å²) in [5.74, 6) is -0.534. The van der Waals surface area contributed by atoms with Gasteiger partial charge in [0.1, 0.15) is 31.6 Å². The van der Waals surface area contributed by atoms with Gasteiger partial charge < -0.3 is 19.7 Å². The van der Waals surface area contributed by atoms with Crippen LogP contribution < -0.4 is 19.1 Å². The van der Waals surface area contributed by atoms with Crippen LogP contribution in [0.2, 0.25) is 0 Å². The smallest absolute Gasteiger partial charge is 0.244 e. The van der Waals surface area contributed by atoms with Crippen LogP contribution in [0.15, 0.2) is 42.5 Å². The standard InChI is InChI=1S/C23H28FN3O6S/c1-4-19(23(29)25-2)26(14-16-5-7-17(24)8-6-16)22(28)15-27(34(3,30)31)18-9-10-20-21(13-18)33-12-11-32-20/h5-10,13,19H,4,11-12,14-15H2,1-3H3,(H,25,29)/t19-/m1/s1. The molecule has 0 saturated heterocycles. The Hall–Kier alpha value is -3.34. The molecule has 0 bridgehead atoms. The molecule has 34 heavy (non-hydrogen) atoms. The lowest BCUT2D eigenvalue weighted by Gasteiger charge is -2.32. The summed E-state index contributed by atoms with van der Waals surface area (Å²) in [5, 5.41) is 2.54. The van der Waals surface area contributed by atoms with Crippen molar-refractivity contribution in [1.29, 1.82) is 0 Å². The molecule has 11 heteroatoms. The van der Waals surface area contributed by atoms with E-state index in [1.54, 1.807) is 13.0 Å². The molecule has 0 aliphatic carbocycles. The Morgan fingerprint density at radius 1 is 1.09 bits per heavy atom. The minimum absolute atomic E-state index is 0.00375. The molecule has 2 aromatic rings. The van der Waals surface area contributed by atoms with Gasteiger partial charge in [-0.05, 0) is 36.2 Å². The van der Waals surface area contributed by atoms with Crippen LogP contribution in [-0.2, 0) is 26.2 Å². The second-order valence-corrected chi connectivity index (χ2v) is 9.69. The predicted molar refractivity (Wildman–Crippen MR) is 125 cm³/mol. The van der Waals surface area contributed by atoms with Crippen molar-refractivity contribution >= 4 is 27.5 Å².